The first-order chi connectivity index (χ1) is 6.69. The van der Waals surface area contributed by atoms with Crippen LogP contribution in [0.15, 0.2) is 24.3 Å². The van der Waals surface area contributed by atoms with Gasteiger partial charge in [-0.1, -0.05) is 24.3 Å². The zero-order chi connectivity index (χ0) is 10.6. The Balaban J connectivity index is 2.78. The first kappa shape index (κ1) is 11.1. The predicted octanol–water partition coefficient (Wildman–Crippen LogP) is 0.614. The average molecular weight is 196 g/mol. The van der Waals surface area contributed by atoms with E-state index in [2.05, 4.69) is 0 Å². The zero-order valence-corrected chi connectivity index (χ0v) is 7.59. The molecule has 0 fully saturated rings. The maximum absolute atomic E-state index is 11.1. The minimum absolute atomic E-state index is 0.446. The second-order valence-electron chi connectivity index (χ2n) is 3.01. The van der Waals surface area contributed by atoms with Gasteiger partial charge in [-0.05, 0) is 11.1 Å². The molecule has 4 nitrogen and oxygen atoms in total. The van der Waals surface area contributed by atoms with Crippen LogP contribution in [-0.4, -0.2) is 23.4 Å². The van der Waals surface area contributed by atoms with E-state index in [-0.39, 0.29) is 0 Å². The number of aliphatic hydroxyl groups is 2. The normalized spacial score (nSPS) is 15.1. The van der Waals surface area contributed by atoms with Gasteiger partial charge < -0.3 is 10.2 Å². The van der Waals surface area contributed by atoms with Crippen LogP contribution in [0.3, 0.4) is 0 Å². The maximum atomic E-state index is 11.1. The van der Waals surface area contributed by atoms with Gasteiger partial charge in [0.2, 0.25) is 0 Å². The van der Waals surface area contributed by atoms with Gasteiger partial charge in [-0.3, -0.25) is 0 Å². The Morgan fingerprint density at radius 2 is 1.14 bits per heavy atom. The number of hydrogen-bond donors (Lipinski definition) is 2. The lowest BCUT2D eigenvalue weighted by Crippen LogP contribution is -2.03. The Bertz CT molecular complexity index is 241. The van der Waals surface area contributed by atoms with Crippen LogP contribution in [0.25, 0.3) is 0 Å². The molecule has 0 saturated heterocycles. The van der Waals surface area contributed by atoms with Crippen molar-refractivity contribution in [2.45, 2.75) is 12.2 Å². The lowest BCUT2D eigenvalue weighted by Gasteiger charge is -2.08. The molecule has 0 aliphatic rings. The maximum Gasteiger partial charge on any atom is 0.141 e. The van der Waals surface area contributed by atoms with E-state index in [4.69, 9.17) is 10.2 Å². The number of hydrogen-bond acceptors (Lipinski definition) is 2. The van der Waals surface area contributed by atoms with Crippen LogP contribution in [0.1, 0.15) is 23.3 Å². The minimum Gasteiger partial charge on any atom is -0.393 e. The van der Waals surface area contributed by atoms with Gasteiger partial charge in [0.25, 0.3) is 0 Å². The molecule has 0 aliphatic heterocycles. The predicted molar refractivity (Wildman–Crippen MR) is 47.5 cm³/mol. The van der Waals surface area contributed by atoms with Crippen LogP contribution in [0.5, 0.6) is 0 Å². The van der Waals surface area contributed by atoms with Crippen molar-refractivity contribution in [1.29, 1.82) is 0 Å². The first-order valence-electron chi connectivity index (χ1n) is 4.32. The third kappa shape index (κ3) is 2.52. The lowest BCUT2D eigenvalue weighted by atomic mass is 10.0. The third-order valence-corrected chi connectivity index (χ3v) is 2.01. The molecular weight excluding hydrogens is 184 g/mol. The van der Waals surface area contributed by atoms with Gasteiger partial charge in [-0.2, -0.15) is 0 Å². The van der Waals surface area contributed by atoms with Crippen molar-refractivity contribution in [3.8, 4) is 0 Å². The molecule has 2 unspecified atom stereocenters. The summed E-state index contributed by atoms with van der Waals surface area (Å²) in [6.45, 7) is -0.916. The van der Waals surface area contributed by atoms with Gasteiger partial charge in [-0.15, -0.1) is 0 Å². The van der Waals surface area contributed by atoms with Gasteiger partial charge in [0, 0.05) is 0 Å². The highest BCUT2D eigenvalue weighted by Crippen LogP contribution is 2.17. The molecule has 1 aromatic carbocycles. The van der Waals surface area contributed by atoms with Crippen LogP contribution in [0.4, 0.5) is 0 Å². The topological polar surface area (TPSA) is 80.3 Å². The summed E-state index contributed by atoms with van der Waals surface area (Å²) < 4.78 is 0. The highest BCUT2D eigenvalue weighted by molar-refractivity contribution is 5.25. The molecule has 2 atom stereocenters. The van der Waals surface area contributed by atoms with Crippen LogP contribution in [-0.2, 0) is 10.2 Å². The summed E-state index contributed by atoms with van der Waals surface area (Å²) in [5.74, 6) is 0. The van der Waals surface area contributed by atoms with Crippen LogP contribution >= 0.6 is 0 Å². The Labute approximate surface area is 82.1 Å². The minimum atomic E-state index is -1.16. The Kier molecular flexibility index (Phi) is 4.03. The Morgan fingerprint density at radius 3 is 1.36 bits per heavy atom. The SMILES string of the molecule is [O]C(CO)c1ccc(C([O])CO)cc1. The highest BCUT2D eigenvalue weighted by Gasteiger charge is 2.10. The number of aliphatic hydroxyl groups excluding tert-OH is 2. The van der Waals surface area contributed by atoms with E-state index in [1.165, 1.54) is 24.3 Å². The molecule has 2 radical (unpaired) electrons. The fraction of sp³-hybridized carbons (Fsp3) is 0.400. The molecule has 1 aromatic rings. The van der Waals surface area contributed by atoms with Gasteiger partial charge in [0.05, 0.1) is 13.2 Å². The monoisotopic (exact) mass is 196 g/mol. The largest absolute Gasteiger partial charge is 0.393 e. The molecule has 0 saturated carbocycles. The van der Waals surface area contributed by atoms with Crippen LogP contribution in [0, 0.1) is 0 Å². The molecule has 4 heteroatoms. The molecule has 0 bridgehead atoms. The van der Waals surface area contributed by atoms with Crippen molar-refractivity contribution < 1.29 is 20.4 Å². The first-order valence-corrected chi connectivity index (χ1v) is 4.32. The van der Waals surface area contributed by atoms with E-state index < -0.39 is 25.4 Å². The summed E-state index contributed by atoms with van der Waals surface area (Å²) in [5.41, 5.74) is 0.891. The van der Waals surface area contributed by atoms with Crippen molar-refractivity contribution in [2.75, 3.05) is 13.2 Å². The molecule has 0 spiro atoms. The summed E-state index contributed by atoms with van der Waals surface area (Å²) in [4.78, 5) is 0. The lowest BCUT2D eigenvalue weighted by molar-refractivity contribution is 0.0317. The summed E-state index contributed by atoms with van der Waals surface area (Å²) in [5, 5.41) is 39.3. The van der Waals surface area contributed by atoms with Gasteiger partial charge in [0.1, 0.15) is 12.2 Å². The molecule has 1 rings (SSSR count). The van der Waals surface area contributed by atoms with E-state index in [1.807, 2.05) is 0 Å². The molecule has 14 heavy (non-hydrogen) atoms. The third-order valence-electron chi connectivity index (χ3n) is 2.01. The van der Waals surface area contributed by atoms with E-state index in [1.54, 1.807) is 0 Å². The fourth-order valence-corrected chi connectivity index (χ4v) is 1.14. The van der Waals surface area contributed by atoms with Crippen molar-refractivity contribution in [3.05, 3.63) is 35.4 Å². The fourth-order valence-electron chi connectivity index (χ4n) is 1.14. The van der Waals surface area contributed by atoms with E-state index in [0.717, 1.165) is 0 Å². The van der Waals surface area contributed by atoms with Gasteiger partial charge in [-0.25, -0.2) is 10.2 Å². The average Bonchev–Trinajstić information content (AvgIpc) is 2.27. The molecule has 0 amide bonds. The standard InChI is InChI=1S/C10H12O4/c11-5-9(13)7-1-2-8(4-3-7)10(14)6-12/h1-4,9-12H,5-6H2. The molecule has 76 valence electrons. The van der Waals surface area contributed by atoms with E-state index in [0.29, 0.717) is 11.1 Å². The zero-order valence-electron chi connectivity index (χ0n) is 7.59. The van der Waals surface area contributed by atoms with Gasteiger partial charge >= 0.3 is 0 Å². The summed E-state index contributed by atoms with van der Waals surface area (Å²) in [6, 6.07) is 6.02. The summed E-state index contributed by atoms with van der Waals surface area (Å²) in [7, 11) is 0. The molecule has 0 heterocycles. The van der Waals surface area contributed by atoms with Crippen molar-refractivity contribution in [2.24, 2.45) is 0 Å². The second-order valence-corrected chi connectivity index (χ2v) is 3.01. The number of benzene rings is 1. The second kappa shape index (κ2) is 5.07. The van der Waals surface area contributed by atoms with Crippen molar-refractivity contribution >= 4 is 0 Å². The molecule has 0 aliphatic carbocycles. The van der Waals surface area contributed by atoms with Crippen molar-refractivity contribution in [1.82, 2.24) is 0 Å². The highest BCUT2D eigenvalue weighted by atomic mass is 16.3. The van der Waals surface area contributed by atoms with Crippen LogP contribution < -0.4 is 0 Å². The van der Waals surface area contributed by atoms with Crippen molar-refractivity contribution in [3.63, 3.8) is 0 Å². The van der Waals surface area contributed by atoms with E-state index in [9.17, 15) is 10.2 Å². The van der Waals surface area contributed by atoms with Gasteiger partial charge in [0.15, 0.2) is 0 Å². The van der Waals surface area contributed by atoms with Crippen LogP contribution in [0.2, 0.25) is 0 Å². The Morgan fingerprint density at radius 1 is 0.857 bits per heavy atom. The molecular formula is C10H12O4. The molecule has 0 aromatic heterocycles. The molecule has 2 N–H and O–H groups in total. The number of rotatable bonds is 4. The smallest absolute Gasteiger partial charge is 0.141 e. The summed E-state index contributed by atoms with van der Waals surface area (Å²) >= 11 is 0. The Hall–Kier alpha value is -0.940. The van der Waals surface area contributed by atoms with E-state index >= 15 is 0 Å². The quantitative estimate of drug-likeness (QED) is 0.740. The summed E-state index contributed by atoms with van der Waals surface area (Å²) in [6.07, 6.45) is -2.33.